The van der Waals surface area contributed by atoms with Crippen molar-refractivity contribution in [2.45, 2.75) is 26.2 Å². The average molecular weight is 195 g/mol. The third kappa shape index (κ3) is 1.65. The highest BCUT2D eigenvalue weighted by molar-refractivity contribution is 5.74. The molecule has 0 saturated carbocycles. The fourth-order valence-corrected chi connectivity index (χ4v) is 1.55. The van der Waals surface area contributed by atoms with Crippen LogP contribution < -0.4 is 0 Å². The highest BCUT2D eigenvalue weighted by Gasteiger charge is 2.25. The molecule has 4 nitrogen and oxygen atoms in total. The molecule has 2 heterocycles. The van der Waals surface area contributed by atoms with Crippen molar-refractivity contribution in [1.29, 1.82) is 0 Å². The van der Waals surface area contributed by atoms with Crippen LogP contribution in [-0.4, -0.2) is 23.2 Å². The minimum Gasteiger partial charge on any atom is -0.464 e. The molecule has 1 atom stereocenters. The molecule has 0 radical (unpaired) electrons. The van der Waals surface area contributed by atoms with Crippen molar-refractivity contribution >= 4 is 5.97 Å². The fourth-order valence-electron chi connectivity index (χ4n) is 1.55. The molecule has 0 spiro atoms. The highest BCUT2D eigenvalue weighted by atomic mass is 16.6. The first-order valence-electron chi connectivity index (χ1n) is 4.73. The predicted molar refractivity (Wildman–Crippen MR) is 49.6 cm³/mol. The molecule has 0 fully saturated rings. The van der Waals surface area contributed by atoms with Gasteiger partial charge in [-0.1, -0.05) is 0 Å². The Morgan fingerprint density at radius 3 is 3.43 bits per heavy atom. The van der Waals surface area contributed by atoms with E-state index in [0.29, 0.717) is 19.8 Å². The number of carbonyl (C=O) groups excluding carboxylic acids is 1. The number of rotatable bonds is 2. The Morgan fingerprint density at radius 1 is 1.79 bits per heavy atom. The van der Waals surface area contributed by atoms with Crippen LogP contribution in [0.5, 0.6) is 0 Å². The first-order valence-corrected chi connectivity index (χ1v) is 4.73. The molecule has 4 heteroatoms. The summed E-state index contributed by atoms with van der Waals surface area (Å²) in [5.41, 5.74) is 1.10. The van der Waals surface area contributed by atoms with Crippen molar-refractivity contribution in [2.75, 3.05) is 6.61 Å². The lowest BCUT2D eigenvalue weighted by molar-refractivity contribution is -0.160. The smallest absolute Gasteiger partial charge is 0.337 e. The molecule has 0 N–H and O–H groups in total. The summed E-state index contributed by atoms with van der Waals surface area (Å²) in [6, 6.07) is 3.94. The van der Waals surface area contributed by atoms with Gasteiger partial charge >= 0.3 is 5.97 Å². The molecule has 1 aromatic heterocycles. The van der Waals surface area contributed by atoms with E-state index >= 15 is 0 Å². The molecular formula is C10H13NO3. The van der Waals surface area contributed by atoms with E-state index in [1.54, 1.807) is 6.92 Å². The normalized spacial score (nSPS) is 20.2. The number of nitrogens with zero attached hydrogens (tertiary/aromatic N) is 1. The van der Waals surface area contributed by atoms with E-state index in [0.717, 1.165) is 5.69 Å². The number of fused-ring (bicyclic) bond motifs is 1. The lowest BCUT2D eigenvalue weighted by atomic mass is 10.3. The van der Waals surface area contributed by atoms with E-state index in [2.05, 4.69) is 0 Å². The summed E-state index contributed by atoms with van der Waals surface area (Å²) in [4.78, 5) is 11.4. The minimum absolute atomic E-state index is 0.271. The SMILES string of the molecule is CCOC(=O)C1Cn2cccc2CO1. The number of ether oxygens (including phenoxy) is 2. The standard InChI is InChI=1S/C10H13NO3/c1-2-13-10(12)9-6-11-5-3-4-8(11)7-14-9/h3-5,9H,2,6-7H2,1H3. The van der Waals surface area contributed by atoms with Crippen LogP contribution in [0.4, 0.5) is 0 Å². The zero-order valence-corrected chi connectivity index (χ0v) is 8.10. The number of hydrogen-bond donors (Lipinski definition) is 0. The van der Waals surface area contributed by atoms with Crippen LogP contribution in [0.2, 0.25) is 0 Å². The summed E-state index contributed by atoms with van der Waals surface area (Å²) in [6.07, 6.45) is 1.50. The molecule has 2 rings (SSSR count). The van der Waals surface area contributed by atoms with Crippen LogP contribution in [0.15, 0.2) is 18.3 Å². The van der Waals surface area contributed by atoms with Gasteiger partial charge in [0.2, 0.25) is 0 Å². The van der Waals surface area contributed by atoms with Crippen LogP contribution in [0, 0.1) is 0 Å². The first kappa shape index (κ1) is 9.27. The van der Waals surface area contributed by atoms with E-state index in [1.165, 1.54) is 0 Å². The number of carbonyl (C=O) groups is 1. The fraction of sp³-hybridized carbons (Fsp3) is 0.500. The Balaban J connectivity index is 2.04. The largest absolute Gasteiger partial charge is 0.464 e. The summed E-state index contributed by atoms with van der Waals surface area (Å²) in [7, 11) is 0. The van der Waals surface area contributed by atoms with Crippen molar-refractivity contribution in [3.8, 4) is 0 Å². The maximum absolute atomic E-state index is 11.4. The number of hydrogen-bond acceptors (Lipinski definition) is 3. The van der Waals surface area contributed by atoms with Crippen LogP contribution >= 0.6 is 0 Å². The molecule has 1 aromatic rings. The molecule has 0 aromatic carbocycles. The third-order valence-corrected chi connectivity index (χ3v) is 2.27. The lowest BCUT2D eigenvalue weighted by Crippen LogP contribution is -2.34. The minimum atomic E-state index is -0.449. The Hall–Kier alpha value is -1.29. The van der Waals surface area contributed by atoms with Gasteiger partial charge in [0.25, 0.3) is 0 Å². The number of aromatic nitrogens is 1. The highest BCUT2D eigenvalue weighted by Crippen LogP contribution is 2.15. The van der Waals surface area contributed by atoms with Crippen LogP contribution in [0.25, 0.3) is 0 Å². The second-order valence-electron chi connectivity index (χ2n) is 3.20. The summed E-state index contributed by atoms with van der Waals surface area (Å²) >= 11 is 0. The Kier molecular flexibility index (Phi) is 2.54. The molecule has 76 valence electrons. The third-order valence-electron chi connectivity index (χ3n) is 2.27. The molecule has 1 aliphatic rings. The van der Waals surface area contributed by atoms with Gasteiger partial charge in [0, 0.05) is 11.9 Å². The van der Waals surface area contributed by atoms with Crippen molar-refractivity contribution in [3.05, 3.63) is 24.0 Å². The molecule has 0 saturated heterocycles. The summed E-state index contributed by atoms with van der Waals surface area (Å²) < 4.78 is 12.3. The van der Waals surface area contributed by atoms with Crippen molar-refractivity contribution in [2.24, 2.45) is 0 Å². The van der Waals surface area contributed by atoms with E-state index in [4.69, 9.17) is 9.47 Å². The van der Waals surface area contributed by atoms with Gasteiger partial charge in [0.15, 0.2) is 6.10 Å². The predicted octanol–water partition coefficient (Wildman–Crippen LogP) is 0.950. The second-order valence-corrected chi connectivity index (χ2v) is 3.20. The Bertz CT molecular complexity index is 332. The Labute approximate surface area is 82.4 Å². The zero-order valence-electron chi connectivity index (χ0n) is 8.10. The molecule has 14 heavy (non-hydrogen) atoms. The number of esters is 1. The van der Waals surface area contributed by atoms with E-state index in [1.807, 2.05) is 22.9 Å². The molecule has 0 aliphatic carbocycles. The van der Waals surface area contributed by atoms with Crippen molar-refractivity contribution in [1.82, 2.24) is 4.57 Å². The van der Waals surface area contributed by atoms with Crippen molar-refractivity contribution in [3.63, 3.8) is 0 Å². The molecular weight excluding hydrogens is 182 g/mol. The lowest BCUT2D eigenvalue weighted by Gasteiger charge is -2.23. The summed E-state index contributed by atoms with van der Waals surface area (Å²) in [5, 5.41) is 0. The zero-order chi connectivity index (χ0) is 9.97. The van der Waals surface area contributed by atoms with Gasteiger partial charge in [-0.15, -0.1) is 0 Å². The van der Waals surface area contributed by atoms with Gasteiger partial charge in [-0.2, -0.15) is 0 Å². The van der Waals surface area contributed by atoms with Gasteiger partial charge < -0.3 is 14.0 Å². The van der Waals surface area contributed by atoms with Crippen LogP contribution in [0.3, 0.4) is 0 Å². The molecule has 0 amide bonds. The van der Waals surface area contributed by atoms with Crippen molar-refractivity contribution < 1.29 is 14.3 Å². The van der Waals surface area contributed by atoms with Gasteiger partial charge in [-0.05, 0) is 19.1 Å². The van der Waals surface area contributed by atoms with E-state index in [-0.39, 0.29) is 5.97 Å². The maximum atomic E-state index is 11.4. The molecule has 1 unspecified atom stereocenters. The van der Waals surface area contributed by atoms with Crippen LogP contribution in [-0.2, 0) is 27.4 Å². The van der Waals surface area contributed by atoms with E-state index in [9.17, 15) is 4.79 Å². The second kappa shape index (κ2) is 3.84. The molecule has 0 bridgehead atoms. The van der Waals surface area contributed by atoms with Gasteiger partial charge in [0.05, 0.1) is 19.8 Å². The molecule has 1 aliphatic heterocycles. The first-order chi connectivity index (χ1) is 6.81. The topological polar surface area (TPSA) is 40.5 Å². The monoisotopic (exact) mass is 195 g/mol. The quantitative estimate of drug-likeness (QED) is 0.660. The summed E-state index contributed by atoms with van der Waals surface area (Å²) in [5.74, 6) is -0.271. The van der Waals surface area contributed by atoms with Gasteiger partial charge in [-0.3, -0.25) is 0 Å². The average Bonchev–Trinajstić information content (AvgIpc) is 2.64. The van der Waals surface area contributed by atoms with Gasteiger partial charge in [-0.25, -0.2) is 4.79 Å². The summed E-state index contributed by atoms with van der Waals surface area (Å²) in [6.45, 7) is 3.23. The Morgan fingerprint density at radius 2 is 2.64 bits per heavy atom. The van der Waals surface area contributed by atoms with Gasteiger partial charge in [0.1, 0.15) is 0 Å². The maximum Gasteiger partial charge on any atom is 0.337 e. The van der Waals surface area contributed by atoms with Crippen LogP contribution in [0.1, 0.15) is 12.6 Å². The van der Waals surface area contributed by atoms with E-state index < -0.39 is 6.10 Å².